The molecule has 0 aliphatic carbocycles. The monoisotopic (exact) mass is 468 g/mol. The van der Waals surface area contributed by atoms with Crippen molar-refractivity contribution in [2.45, 2.75) is 45.6 Å². The maximum absolute atomic E-state index is 12.8. The smallest absolute Gasteiger partial charge is 0.414 e. The summed E-state index contributed by atoms with van der Waals surface area (Å²) in [6.07, 6.45) is 4.79. The third-order valence-electron chi connectivity index (χ3n) is 4.65. The zero-order valence-electron chi connectivity index (χ0n) is 16.6. The molecule has 0 saturated carbocycles. The third-order valence-corrected chi connectivity index (χ3v) is 5.09. The summed E-state index contributed by atoms with van der Waals surface area (Å²) in [5, 5.41) is 0.528. The molecule has 1 aliphatic rings. The van der Waals surface area contributed by atoms with Crippen LogP contribution in [-0.2, 0) is 14.2 Å². The van der Waals surface area contributed by atoms with Gasteiger partial charge in [0, 0.05) is 23.8 Å². The Kier molecular flexibility index (Phi) is 7.49. The van der Waals surface area contributed by atoms with Gasteiger partial charge in [-0.1, -0.05) is 0 Å². The first-order chi connectivity index (χ1) is 14.0. The summed E-state index contributed by atoms with van der Waals surface area (Å²) < 4.78 is 22.6. The minimum absolute atomic E-state index is 0.0646. The minimum atomic E-state index is -0.653. The molecule has 1 saturated heterocycles. The highest BCUT2D eigenvalue weighted by Crippen LogP contribution is 2.36. The first kappa shape index (κ1) is 21.6. The zero-order chi connectivity index (χ0) is 20.8. The molecule has 3 rings (SSSR count). The first-order valence-corrected chi connectivity index (χ1v) is 10.7. The molecule has 0 N–H and O–H groups in total. The average Bonchev–Trinajstić information content (AvgIpc) is 3.08. The van der Waals surface area contributed by atoms with E-state index in [4.69, 9.17) is 18.6 Å². The van der Waals surface area contributed by atoms with Crippen LogP contribution in [0.1, 0.15) is 50.1 Å². The number of carbonyl (C=O) groups excluding carboxylic acids is 2. The lowest BCUT2D eigenvalue weighted by atomic mass is 10.1. The van der Waals surface area contributed by atoms with Crippen LogP contribution in [0.5, 0.6) is 0 Å². The summed E-state index contributed by atoms with van der Waals surface area (Å²) in [4.78, 5) is 31.0. The summed E-state index contributed by atoms with van der Waals surface area (Å²) in [6.45, 7) is 4.88. The zero-order valence-corrected chi connectivity index (χ0v) is 18.2. The van der Waals surface area contributed by atoms with E-state index in [9.17, 15) is 9.59 Å². The molecular weight excluding hydrogens is 444 g/mol. The Hall–Kier alpha value is -2.13. The van der Waals surface area contributed by atoms with E-state index in [-0.39, 0.29) is 30.8 Å². The number of fused-ring (bicyclic) bond motifs is 1. The number of anilines is 1. The summed E-state index contributed by atoms with van der Waals surface area (Å²) in [6, 6.07) is 1.76. The number of ether oxygens (including phenoxy) is 3. The number of pyridine rings is 1. The molecule has 1 aliphatic heterocycles. The fraction of sp³-hybridized carbons (Fsp3) is 0.550. The number of nitrogens with zero attached hydrogens (tertiary/aromatic N) is 2. The summed E-state index contributed by atoms with van der Waals surface area (Å²) in [7, 11) is 0. The highest BCUT2D eigenvalue weighted by molar-refractivity contribution is 9.10. The molecule has 1 fully saturated rings. The Balaban J connectivity index is 2.01. The van der Waals surface area contributed by atoms with E-state index in [0.29, 0.717) is 28.5 Å². The van der Waals surface area contributed by atoms with Crippen LogP contribution >= 0.6 is 15.9 Å². The highest BCUT2D eigenvalue weighted by atomic mass is 79.9. The molecule has 3 heterocycles. The standard InChI is InChI=1S/C20H25BrN2O6/c1-3-26-19(24)17-16(15-11-13(21)12-22-18(15)29-17)23(20(25)27-4-2)9-8-14-7-5-6-10-28-14/h11-12,14H,3-10H2,1-2H3. The Labute approximate surface area is 177 Å². The highest BCUT2D eigenvalue weighted by Gasteiger charge is 2.31. The second kappa shape index (κ2) is 10.1. The number of hydrogen-bond donors (Lipinski definition) is 0. The number of rotatable bonds is 7. The van der Waals surface area contributed by atoms with E-state index in [1.807, 2.05) is 0 Å². The van der Waals surface area contributed by atoms with Gasteiger partial charge in [-0.15, -0.1) is 0 Å². The van der Waals surface area contributed by atoms with Crippen molar-refractivity contribution in [2.75, 3.05) is 31.3 Å². The molecule has 9 heteroatoms. The number of aromatic nitrogens is 1. The van der Waals surface area contributed by atoms with Crippen molar-refractivity contribution in [3.05, 3.63) is 22.5 Å². The van der Waals surface area contributed by atoms with Gasteiger partial charge >= 0.3 is 12.1 Å². The fourth-order valence-electron chi connectivity index (χ4n) is 3.35. The number of halogens is 1. The number of esters is 1. The van der Waals surface area contributed by atoms with Crippen LogP contribution in [0.2, 0.25) is 0 Å². The van der Waals surface area contributed by atoms with Gasteiger partial charge in [-0.25, -0.2) is 14.6 Å². The summed E-state index contributed by atoms with van der Waals surface area (Å²) in [5.41, 5.74) is 0.552. The predicted molar refractivity (Wildman–Crippen MR) is 110 cm³/mol. The van der Waals surface area contributed by atoms with Gasteiger partial charge in [-0.3, -0.25) is 4.90 Å². The van der Waals surface area contributed by atoms with Gasteiger partial charge < -0.3 is 18.6 Å². The van der Waals surface area contributed by atoms with Crippen molar-refractivity contribution in [1.29, 1.82) is 0 Å². The van der Waals surface area contributed by atoms with Crippen LogP contribution < -0.4 is 4.90 Å². The summed E-state index contributed by atoms with van der Waals surface area (Å²) >= 11 is 3.39. The van der Waals surface area contributed by atoms with Gasteiger partial charge in [-0.2, -0.15) is 0 Å². The van der Waals surface area contributed by atoms with Crippen molar-refractivity contribution >= 4 is 44.8 Å². The lowest BCUT2D eigenvalue weighted by molar-refractivity contribution is 0.0125. The van der Waals surface area contributed by atoms with Gasteiger partial charge in [0.2, 0.25) is 11.5 Å². The normalized spacial score (nSPS) is 16.6. The Morgan fingerprint density at radius 2 is 2.07 bits per heavy atom. The summed E-state index contributed by atoms with van der Waals surface area (Å²) in [5.74, 6) is -0.718. The predicted octanol–water partition coefficient (Wildman–Crippen LogP) is 4.69. The second-order valence-corrected chi connectivity index (χ2v) is 7.55. The van der Waals surface area contributed by atoms with Gasteiger partial charge in [-0.05, 0) is 61.5 Å². The molecule has 0 spiro atoms. The van der Waals surface area contributed by atoms with E-state index < -0.39 is 12.1 Å². The van der Waals surface area contributed by atoms with Crippen LogP contribution in [0.15, 0.2) is 21.2 Å². The van der Waals surface area contributed by atoms with Crippen molar-refractivity contribution in [3.8, 4) is 0 Å². The van der Waals surface area contributed by atoms with E-state index in [1.165, 1.54) is 4.90 Å². The molecule has 2 aromatic heterocycles. The molecule has 0 radical (unpaired) electrons. The van der Waals surface area contributed by atoms with E-state index in [2.05, 4.69) is 20.9 Å². The maximum atomic E-state index is 12.8. The Morgan fingerprint density at radius 1 is 1.28 bits per heavy atom. The SMILES string of the molecule is CCOC(=O)c1oc2ncc(Br)cc2c1N(CCC1CCCCO1)C(=O)OCC. The number of amides is 1. The number of hydrogen-bond acceptors (Lipinski definition) is 7. The molecule has 8 nitrogen and oxygen atoms in total. The van der Waals surface area contributed by atoms with E-state index in [1.54, 1.807) is 26.1 Å². The largest absolute Gasteiger partial charge is 0.460 e. The molecule has 0 bridgehead atoms. The Bertz CT molecular complexity index is 862. The lowest BCUT2D eigenvalue weighted by Gasteiger charge is -2.26. The molecule has 1 amide bonds. The van der Waals surface area contributed by atoms with E-state index in [0.717, 1.165) is 25.9 Å². The van der Waals surface area contributed by atoms with Gasteiger partial charge in [0.1, 0.15) is 5.69 Å². The average molecular weight is 469 g/mol. The van der Waals surface area contributed by atoms with Crippen LogP contribution in [0.25, 0.3) is 11.1 Å². The molecule has 158 valence electrons. The van der Waals surface area contributed by atoms with Crippen molar-refractivity contribution in [3.63, 3.8) is 0 Å². The second-order valence-electron chi connectivity index (χ2n) is 6.63. The van der Waals surface area contributed by atoms with Crippen molar-refractivity contribution in [1.82, 2.24) is 4.98 Å². The lowest BCUT2D eigenvalue weighted by Crippen LogP contribution is -2.36. The molecule has 0 aromatic carbocycles. The number of furan rings is 1. The first-order valence-electron chi connectivity index (χ1n) is 9.86. The maximum Gasteiger partial charge on any atom is 0.414 e. The van der Waals surface area contributed by atoms with Crippen LogP contribution in [-0.4, -0.2) is 49.5 Å². The minimum Gasteiger partial charge on any atom is -0.460 e. The fourth-order valence-corrected chi connectivity index (χ4v) is 3.68. The van der Waals surface area contributed by atoms with Crippen LogP contribution in [0, 0.1) is 0 Å². The molecule has 29 heavy (non-hydrogen) atoms. The van der Waals surface area contributed by atoms with Gasteiger partial charge in [0.05, 0.1) is 24.7 Å². The number of carbonyl (C=O) groups is 2. The van der Waals surface area contributed by atoms with Gasteiger partial charge in [0.15, 0.2) is 0 Å². The molecule has 1 atom stereocenters. The van der Waals surface area contributed by atoms with Crippen LogP contribution in [0.4, 0.5) is 10.5 Å². The van der Waals surface area contributed by atoms with Crippen molar-refractivity contribution < 1.29 is 28.2 Å². The van der Waals surface area contributed by atoms with E-state index >= 15 is 0 Å². The Morgan fingerprint density at radius 3 is 2.76 bits per heavy atom. The van der Waals surface area contributed by atoms with Crippen molar-refractivity contribution in [2.24, 2.45) is 0 Å². The molecular formula is C20H25BrN2O6. The topological polar surface area (TPSA) is 91.1 Å². The van der Waals surface area contributed by atoms with Crippen LogP contribution in [0.3, 0.4) is 0 Å². The quantitative estimate of drug-likeness (QED) is 0.544. The molecule has 1 unspecified atom stereocenters. The van der Waals surface area contributed by atoms with Gasteiger partial charge in [0.25, 0.3) is 0 Å². The molecule has 2 aromatic rings. The third kappa shape index (κ3) is 5.08.